The molecule has 0 aliphatic heterocycles. The van der Waals surface area contributed by atoms with Crippen LogP contribution >= 0.6 is 0 Å². The molecule has 1 radical (unpaired) electrons. The van der Waals surface area contributed by atoms with Gasteiger partial charge in [0.1, 0.15) is 0 Å². The summed E-state index contributed by atoms with van der Waals surface area (Å²) in [6.07, 6.45) is 2.88. The zero-order valence-corrected chi connectivity index (χ0v) is 7.75. The van der Waals surface area contributed by atoms with Gasteiger partial charge in [-0.2, -0.15) is 0 Å². The first kappa shape index (κ1) is 12.1. The Balaban J connectivity index is 3.75. The van der Waals surface area contributed by atoms with Crippen LogP contribution in [0.3, 0.4) is 0 Å². The molecule has 0 fully saturated rings. The first-order valence-corrected chi connectivity index (χ1v) is 4.25. The quantitative estimate of drug-likeness (QED) is 0.478. The van der Waals surface area contributed by atoms with Crippen LogP contribution in [-0.2, 0) is 9.59 Å². The molecule has 5 heteroatoms. The van der Waals surface area contributed by atoms with Crippen molar-refractivity contribution in [2.45, 2.75) is 31.8 Å². The minimum Gasteiger partial charge on any atom is -0.345 e. The average Bonchev–Trinajstić information content (AvgIpc) is 2.13. The third kappa shape index (κ3) is 5.32. The Labute approximate surface area is 77.8 Å². The standard InChI is InChI=1S/C8H16N3O2/c1-6(5-12)11-8(13)7(10)3-2-4-9/h6-7H,2-4,9-10H2,1H3,(H,11,13)/t6-,7-/m0/s1. The maximum absolute atomic E-state index is 11.2. The first-order valence-electron chi connectivity index (χ1n) is 4.25. The van der Waals surface area contributed by atoms with Gasteiger partial charge in [-0.1, -0.05) is 0 Å². The van der Waals surface area contributed by atoms with Gasteiger partial charge in [-0.3, -0.25) is 9.59 Å². The van der Waals surface area contributed by atoms with E-state index in [2.05, 4.69) is 5.32 Å². The lowest BCUT2D eigenvalue weighted by molar-refractivity contribution is -0.122. The molecular formula is C8H16N3O2. The Bertz CT molecular complexity index is 173. The lowest BCUT2D eigenvalue weighted by atomic mass is 10.1. The van der Waals surface area contributed by atoms with E-state index in [1.807, 2.05) is 0 Å². The molecule has 0 spiro atoms. The fourth-order valence-corrected chi connectivity index (χ4v) is 0.819. The van der Waals surface area contributed by atoms with Crippen molar-refractivity contribution in [3.05, 3.63) is 0 Å². The Morgan fingerprint density at radius 1 is 1.62 bits per heavy atom. The molecular weight excluding hydrogens is 170 g/mol. The number of hydrogen-bond acceptors (Lipinski definition) is 4. The van der Waals surface area contributed by atoms with E-state index in [1.54, 1.807) is 13.2 Å². The molecule has 0 unspecified atom stereocenters. The fraction of sp³-hybridized carbons (Fsp3) is 0.750. The topological polar surface area (TPSA) is 98.2 Å². The molecule has 0 saturated carbocycles. The second-order valence-corrected chi connectivity index (χ2v) is 2.89. The van der Waals surface area contributed by atoms with E-state index in [4.69, 9.17) is 11.5 Å². The molecule has 0 aromatic carbocycles. The summed E-state index contributed by atoms with van der Waals surface area (Å²) in [6, 6.07) is -1.18. The van der Waals surface area contributed by atoms with Crippen LogP contribution in [0.15, 0.2) is 0 Å². The largest absolute Gasteiger partial charge is 0.345 e. The van der Waals surface area contributed by atoms with E-state index in [-0.39, 0.29) is 5.91 Å². The van der Waals surface area contributed by atoms with Crippen molar-refractivity contribution in [2.24, 2.45) is 11.5 Å². The lowest BCUT2D eigenvalue weighted by Gasteiger charge is -2.12. The van der Waals surface area contributed by atoms with Crippen molar-refractivity contribution in [1.29, 1.82) is 0 Å². The molecule has 13 heavy (non-hydrogen) atoms. The number of hydrogen-bond donors (Lipinski definition) is 3. The number of carbonyl (C=O) groups is 1. The molecule has 0 aliphatic carbocycles. The smallest absolute Gasteiger partial charge is 0.237 e. The molecule has 5 nitrogen and oxygen atoms in total. The molecule has 0 bridgehead atoms. The van der Waals surface area contributed by atoms with E-state index in [0.717, 1.165) is 0 Å². The van der Waals surface area contributed by atoms with Gasteiger partial charge in [0.15, 0.2) is 0 Å². The van der Waals surface area contributed by atoms with Gasteiger partial charge >= 0.3 is 0 Å². The molecule has 0 aromatic rings. The van der Waals surface area contributed by atoms with Gasteiger partial charge in [0.25, 0.3) is 0 Å². The molecule has 0 saturated heterocycles. The zero-order valence-electron chi connectivity index (χ0n) is 7.75. The van der Waals surface area contributed by atoms with Crippen LogP contribution in [0.4, 0.5) is 0 Å². The van der Waals surface area contributed by atoms with Crippen LogP contribution in [0.1, 0.15) is 19.8 Å². The minimum atomic E-state index is -0.601. The Morgan fingerprint density at radius 3 is 2.69 bits per heavy atom. The summed E-state index contributed by atoms with van der Waals surface area (Å²) in [6.45, 7) is 2.05. The van der Waals surface area contributed by atoms with Gasteiger partial charge in [-0.05, 0) is 26.3 Å². The van der Waals surface area contributed by atoms with Gasteiger partial charge in [0, 0.05) is 0 Å². The summed E-state index contributed by atoms with van der Waals surface area (Å²) >= 11 is 0. The van der Waals surface area contributed by atoms with Gasteiger partial charge in [-0.15, -0.1) is 0 Å². The summed E-state index contributed by atoms with van der Waals surface area (Å²) in [7, 11) is 0. The third-order valence-electron chi connectivity index (χ3n) is 1.59. The predicted molar refractivity (Wildman–Crippen MR) is 49.6 cm³/mol. The molecule has 5 N–H and O–H groups in total. The minimum absolute atomic E-state index is 0.329. The van der Waals surface area contributed by atoms with Gasteiger partial charge < -0.3 is 16.8 Å². The summed E-state index contributed by atoms with van der Waals surface area (Å²) in [5.41, 5.74) is 10.8. The molecule has 2 atom stereocenters. The number of nitrogens with two attached hydrogens (primary N) is 2. The van der Waals surface area contributed by atoms with E-state index in [0.29, 0.717) is 19.4 Å². The van der Waals surface area contributed by atoms with Crippen molar-refractivity contribution in [2.75, 3.05) is 6.54 Å². The maximum Gasteiger partial charge on any atom is 0.237 e. The highest BCUT2D eigenvalue weighted by atomic mass is 16.2. The van der Waals surface area contributed by atoms with E-state index in [1.165, 1.54) is 0 Å². The second kappa shape index (κ2) is 6.56. The van der Waals surface area contributed by atoms with Crippen LogP contribution in [0.25, 0.3) is 0 Å². The Hall–Kier alpha value is -0.940. The normalized spacial score (nSPS) is 14.7. The zero-order chi connectivity index (χ0) is 10.3. The highest BCUT2D eigenvalue weighted by Crippen LogP contribution is 1.93. The fourth-order valence-electron chi connectivity index (χ4n) is 0.819. The third-order valence-corrected chi connectivity index (χ3v) is 1.59. The van der Waals surface area contributed by atoms with Gasteiger partial charge in [0.05, 0.1) is 12.1 Å². The molecule has 0 heterocycles. The number of amides is 1. The van der Waals surface area contributed by atoms with E-state index in [9.17, 15) is 9.59 Å². The van der Waals surface area contributed by atoms with Crippen LogP contribution < -0.4 is 16.8 Å². The van der Waals surface area contributed by atoms with E-state index < -0.39 is 12.1 Å². The summed E-state index contributed by atoms with van der Waals surface area (Å²) in [4.78, 5) is 21.2. The van der Waals surface area contributed by atoms with Crippen molar-refractivity contribution in [3.8, 4) is 0 Å². The van der Waals surface area contributed by atoms with Crippen LogP contribution in [0.5, 0.6) is 0 Å². The number of carbonyl (C=O) groups excluding carboxylic acids is 2. The maximum atomic E-state index is 11.2. The highest BCUT2D eigenvalue weighted by Gasteiger charge is 2.14. The van der Waals surface area contributed by atoms with Crippen molar-refractivity contribution < 1.29 is 9.59 Å². The Morgan fingerprint density at radius 2 is 2.23 bits per heavy atom. The van der Waals surface area contributed by atoms with Gasteiger partial charge in [0.2, 0.25) is 12.2 Å². The molecule has 75 valence electrons. The second-order valence-electron chi connectivity index (χ2n) is 2.89. The van der Waals surface area contributed by atoms with Crippen molar-refractivity contribution in [3.63, 3.8) is 0 Å². The summed E-state index contributed by atoms with van der Waals surface area (Å²) < 4.78 is 0. The SMILES string of the molecule is C[C@@H]([C]=O)NC(=O)[C@@H](N)CCCN. The predicted octanol–water partition coefficient (Wildman–Crippen LogP) is -1.33. The summed E-state index contributed by atoms with van der Waals surface area (Å²) in [5.74, 6) is -0.329. The molecule has 0 rings (SSSR count). The Kier molecular flexibility index (Phi) is 6.09. The summed E-state index contributed by atoms with van der Waals surface area (Å²) in [5, 5.41) is 2.41. The molecule has 1 amide bonds. The van der Waals surface area contributed by atoms with Crippen LogP contribution in [0.2, 0.25) is 0 Å². The van der Waals surface area contributed by atoms with Crippen LogP contribution in [0, 0.1) is 0 Å². The first-order chi connectivity index (χ1) is 6.11. The number of rotatable bonds is 6. The monoisotopic (exact) mass is 186 g/mol. The van der Waals surface area contributed by atoms with Crippen molar-refractivity contribution in [1.82, 2.24) is 5.32 Å². The van der Waals surface area contributed by atoms with Crippen LogP contribution in [-0.4, -0.2) is 30.8 Å². The van der Waals surface area contributed by atoms with Crippen molar-refractivity contribution >= 4 is 12.2 Å². The molecule has 0 aliphatic rings. The van der Waals surface area contributed by atoms with E-state index >= 15 is 0 Å². The lowest BCUT2D eigenvalue weighted by Crippen LogP contribution is -2.45. The van der Waals surface area contributed by atoms with Gasteiger partial charge in [-0.25, -0.2) is 0 Å². The molecule has 0 aromatic heterocycles. The number of nitrogens with one attached hydrogen (secondary N) is 1. The highest BCUT2D eigenvalue weighted by molar-refractivity contribution is 5.84. The average molecular weight is 186 g/mol.